The van der Waals surface area contributed by atoms with Gasteiger partial charge >= 0.3 is 5.97 Å². The minimum atomic E-state index is -0.665. The summed E-state index contributed by atoms with van der Waals surface area (Å²) >= 11 is 0. The van der Waals surface area contributed by atoms with E-state index >= 15 is 0 Å². The number of hydrogen-bond acceptors (Lipinski definition) is 4. The summed E-state index contributed by atoms with van der Waals surface area (Å²) in [5, 5.41) is 9.28. The molecule has 4 nitrogen and oxygen atoms in total. The number of rotatable bonds is 8. The lowest BCUT2D eigenvalue weighted by Crippen LogP contribution is -2.10. The molecule has 0 saturated heterocycles. The van der Waals surface area contributed by atoms with E-state index in [1.807, 2.05) is 37.3 Å². The normalized spacial score (nSPS) is 10.9. The Kier molecular flexibility index (Phi) is 7.45. The zero-order valence-electron chi connectivity index (χ0n) is 15.2. The Morgan fingerprint density at radius 2 is 1.65 bits per heavy atom. The smallest absolute Gasteiger partial charge is 0.354 e. The number of ether oxygens (including phenoxy) is 2. The minimum Gasteiger partial charge on any atom is -0.494 e. The van der Waals surface area contributed by atoms with Crippen molar-refractivity contribution in [3.05, 3.63) is 65.2 Å². The van der Waals surface area contributed by atoms with Crippen LogP contribution < -0.4 is 9.47 Å². The Morgan fingerprint density at radius 1 is 1.00 bits per heavy atom. The molecule has 0 aliphatic carbocycles. The van der Waals surface area contributed by atoms with E-state index in [0.29, 0.717) is 12.4 Å². The summed E-state index contributed by atoms with van der Waals surface area (Å²) in [5.74, 6) is 0.527. The lowest BCUT2D eigenvalue weighted by molar-refractivity contribution is -0.129. The molecule has 0 aliphatic rings. The van der Waals surface area contributed by atoms with Crippen LogP contribution in [0.5, 0.6) is 11.5 Å². The van der Waals surface area contributed by atoms with Crippen LogP contribution in [0.3, 0.4) is 0 Å². The van der Waals surface area contributed by atoms with Crippen LogP contribution in [-0.4, -0.2) is 12.6 Å². The fourth-order valence-corrected chi connectivity index (χ4v) is 2.36. The van der Waals surface area contributed by atoms with Gasteiger partial charge in [-0.25, -0.2) is 4.79 Å². The highest BCUT2D eigenvalue weighted by Gasteiger charge is 2.12. The largest absolute Gasteiger partial charge is 0.494 e. The third-order valence-electron chi connectivity index (χ3n) is 3.68. The highest BCUT2D eigenvalue weighted by molar-refractivity contribution is 5.99. The lowest BCUT2D eigenvalue weighted by atomic mass is 10.1. The predicted octanol–water partition coefficient (Wildman–Crippen LogP) is 4.94. The average Bonchev–Trinajstić information content (AvgIpc) is 2.67. The van der Waals surface area contributed by atoms with Crippen molar-refractivity contribution in [1.82, 2.24) is 0 Å². The SMILES string of the molecule is CCCOc1ccc(/C=C(/C#N)C(=O)Oc2ccc(CCC)cc2)cc1. The van der Waals surface area contributed by atoms with Gasteiger partial charge in [0.2, 0.25) is 0 Å². The van der Waals surface area contributed by atoms with Crippen molar-refractivity contribution in [2.45, 2.75) is 33.1 Å². The minimum absolute atomic E-state index is 0.0511. The molecule has 2 aromatic rings. The number of nitrogens with zero attached hydrogens (tertiary/aromatic N) is 1. The number of esters is 1. The predicted molar refractivity (Wildman–Crippen MR) is 102 cm³/mol. The fourth-order valence-electron chi connectivity index (χ4n) is 2.36. The Hall–Kier alpha value is -3.06. The molecule has 134 valence electrons. The van der Waals surface area contributed by atoms with Crippen LogP contribution in [0.25, 0.3) is 6.08 Å². The maximum absolute atomic E-state index is 12.2. The van der Waals surface area contributed by atoms with Crippen molar-refractivity contribution in [1.29, 1.82) is 5.26 Å². The van der Waals surface area contributed by atoms with E-state index in [0.717, 1.165) is 30.6 Å². The van der Waals surface area contributed by atoms with Crippen LogP contribution in [0.1, 0.15) is 37.8 Å². The summed E-state index contributed by atoms with van der Waals surface area (Å²) in [7, 11) is 0. The number of aryl methyl sites for hydroxylation is 1. The quantitative estimate of drug-likeness (QED) is 0.293. The standard InChI is InChI=1S/C22H23NO3/c1-3-5-17-6-12-21(13-7-17)26-22(24)19(16-23)15-18-8-10-20(11-9-18)25-14-4-2/h6-13,15H,3-5,14H2,1-2H3/b19-15-. The highest BCUT2D eigenvalue weighted by Crippen LogP contribution is 2.17. The first-order valence-electron chi connectivity index (χ1n) is 8.82. The van der Waals surface area contributed by atoms with Gasteiger partial charge in [-0.3, -0.25) is 0 Å². The Labute approximate surface area is 154 Å². The summed E-state index contributed by atoms with van der Waals surface area (Å²) in [6.45, 7) is 4.81. The average molecular weight is 349 g/mol. The number of benzene rings is 2. The van der Waals surface area contributed by atoms with Crippen molar-refractivity contribution in [3.8, 4) is 17.6 Å². The molecule has 4 heteroatoms. The van der Waals surface area contributed by atoms with Gasteiger partial charge in [0.25, 0.3) is 0 Å². The fraction of sp³-hybridized carbons (Fsp3) is 0.273. The first kappa shape index (κ1) is 19.3. The van der Waals surface area contributed by atoms with Gasteiger partial charge in [-0.05, 0) is 54.3 Å². The molecule has 2 aromatic carbocycles. The zero-order valence-corrected chi connectivity index (χ0v) is 15.2. The molecule has 0 unspecified atom stereocenters. The molecule has 0 bridgehead atoms. The van der Waals surface area contributed by atoms with Crippen molar-refractivity contribution >= 4 is 12.0 Å². The zero-order chi connectivity index (χ0) is 18.8. The third-order valence-corrected chi connectivity index (χ3v) is 3.68. The molecule has 0 spiro atoms. The molecule has 26 heavy (non-hydrogen) atoms. The molecular formula is C22H23NO3. The van der Waals surface area contributed by atoms with E-state index in [2.05, 4.69) is 6.92 Å². The molecule has 0 fully saturated rings. The second-order valence-electron chi connectivity index (χ2n) is 5.87. The van der Waals surface area contributed by atoms with Crippen LogP contribution in [0, 0.1) is 11.3 Å². The maximum atomic E-state index is 12.2. The molecular weight excluding hydrogens is 326 g/mol. The van der Waals surface area contributed by atoms with Crippen molar-refractivity contribution in [2.75, 3.05) is 6.61 Å². The van der Waals surface area contributed by atoms with Crippen LogP contribution in [0.4, 0.5) is 0 Å². The van der Waals surface area contributed by atoms with Crippen LogP contribution in [0.15, 0.2) is 54.1 Å². The van der Waals surface area contributed by atoms with Gasteiger partial charge in [0.15, 0.2) is 0 Å². The highest BCUT2D eigenvalue weighted by atomic mass is 16.5. The van der Waals surface area contributed by atoms with Crippen LogP contribution in [-0.2, 0) is 11.2 Å². The summed E-state index contributed by atoms with van der Waals surface area (Å²) in [4.78, 5) is 12.2. The van der Waals surface area contributed by atoms with E-state index in [4.69, 9.17) is 9.47 Å². The number of nitriles is 1. The monoisotopic (exact) mass is 349 g/mol. The first-order valence-corrected chi connectivity index (χ1v) is 8.82. The molecule has 0 aromatic heterocycles. The van der Waals surface area contributed by atoms with Crippen molar-refractivity contribution < 1.29 is 14.3 Å². The second-order valence-corrected chi connectivity index (χ2v) is 5.87. The van der Waals surface area contributed by atoms with Gasteiger partial charge in [0.1, 0.15) is 23.1 Å². The van der Waals surface area contributed by atoms with E-state index in [1.165, 1.54) is 11.6 Å². The van der Waals surface area contributed by atoms with E-state index in [1.54, 1.807) is 24.3 Å². The number of carbonyl (C=O) groups excluding carboxylic acids is 1. The summed E-state index contributed by atoms with van der Waals surface area (Å²) in [6.07, 6.45) is 4.49. The molecule has 0 N–H and O–H groups in total. The summed E-state index contributed by atoms with van der Waals surface area (Å²) < 4.78 is 10.8. The Balaban J connectivity index is 2.05. The third kappa shape index (κ3) is 5.78. The van der Waals surface area contributed by atoms with E-state index < -0.39 is 5.97 Å². The summed E-state index contributed by atoms with van der Waals surface area (Å²) in [6, 6.07) is 16.5. The summed E-state index contributed by atoms with van der Waals surface area (Å²) in [5.41, 5.74) is 1.87. The van der Waals surface area contributed by atoms with Crippen LogP contribution >= 0.6 is 0 Å². The molecule has 0 saturated carbocycles. The van der Waals surface area contributed by atoms with Gasteiger partial charge < -0.3 is 9.47 Å². The number of carbonyl (C=O) groups is 1. The van der Waals surface area contributed by atoms with Crippen molar-refractivity contribution in [2.24, 2.45) is 0 Å². The topological polar surface area (TPSA) is 59.3 Å². The van der Waals surface area contributed by atoms with Crippen molar-refractivity contribution in [3.63, 3.8) is 0 Å². The van der Waals surface area contributed by atoms with E-state index in [-0.39, 0.29) is 5.57 Å². The molecule has 0 atom stereocenters. The molecule has 0 heterocycles. The Morgan fingerprint density at radius 3 is 2.23 bits per heavy atom. The van der Waals surface area contributed by atoms with Crippen LogP contribution in [0.2, 0.25) is 0 Å². The molecule has 0 amide bonds. The van der Waals surface area contributed by atoms with Gasteiger partial charge in [-0.15, -0.1) is 0 Å². The number of hydrogen-bond donors (Lipinski definition) is 0. The van der Waals surface area contributed by atoms with Gasteiger partial charge in [-0.2, -0.15) is 5.26 Å². The van der Waals surface area contributed by atoms with Gasteiger partial charge in [0.05, 0.1) is 6.61 Å². The van der Waals surface area contributed by atoms with Gasteiger partial charge in [0, 0.05) is 0 Å². The molecule has 0 radical (unpaired) electrons. The second kappa shape index (κ2) is 10.0. The lowest BCUT2D eigenvalue weighted by Gasteiger charge is -2.06. The molecule has 2 rings (SSSR count). The first-order chi connectivity index (χ1) is 12.7. The van der Waals surface area contributed by atoms with Gasteiger partial charge in [-0.1, -0.05) is 44.5 Å². The van der Waals surface area contributed by atoms with E-state index in [9.17, 15) is 10.1 Å². The Bertz CT molecular complexity index is 784. The maximum Gasteiger partial charge on any atom is 0.354 e. The molecule has 0 aliphatic heterocycles.